The number of nitrogens with two attached hydrogens (primary N) is 1. The molecule has 1 rings (SSSR count). The molecule has 3 N–H and O–H groups in total. The molecule has 1 aromatic carbocycles. The van der Waals surface area contributed by atoms with Gasteiger partial charge in [0.2, 0.25) is 5.91 Å². The van der Waals surface area contributed by atoms with Gasteiger partial charge in [-0.1, -0.05) is 13.8 Å². The number of carbonyl (C=O) groups excluding carboxylic acids is 2. The van der Waals surface area contributed by atoms with Crippen molar-refractivity contribution in [2.24, 2.45) is 11.1 Å². The first-order chi connectivity index (χ1) is 10.5. The van der Waals surface area contributed by atoms with Crippen LogP contribution >= 0.6 is 12.4 Å². The van der Waals surface area contributed by atoms with Gasteiger partial charge in [-0.25, -0.2) is 4.79 Å². The molecule has 0 unspecified atom stereocenters. The van der Waals surface area contributed by atoms with Gasteiger partial charge in [0.1, 0.15) is 5.75 Å². The van der Waals surface area contributed by atoms with Crippen molar-refractivity contribution in [3.8, 4) is 5.75 Å². The number of halogens is 1. The van der Waals surface area contributed by atoms with Crippen LogP contribution < -0.4 is 15.8 Å². The third kappa shape index (κ3) is 5.73. The van der Waals surface area contributed by atoms with Crippen LogP contribution in [0.5, 0.6) is 5.75 Å². The Labute approximate surface area is 143 Å². The van der Waals surface area contributed by atoms with Crippen LogP contribution in [0.15, 0.2) is 24.3 Å². The van der Waals surface area contributed by atoms with E-state index < -0.39 is 11.4 Å². The fourth-order valence-electron chi connectivity index (χ4n) is 2.05. The number of carbonyl (C=O) groups is 2. The molecule has 0 saturated carbocycles. The summed E-state index contributed by atoms with van der Waals surface area (Å²) in [6.07, 6.45) is 1.37. The summed E-state index contributed by atoms with van der Waals surface area (Å²) in [6, 6.07) is 6.80. The van der Waals surface area contributed by atoms with E-state index in [2.05, 4.69) is 10.1 Å². The van der Waals surface area contributed by atoms with Crippen molar-refractivity contribution >= 4 is 30.0 Å². The van der Waals surface area contributed by atoms with E-state index in [0.717, 1.165) is 0 Å². The molecule has 0 radical (unpaired) electrons. The van der Waals surface area contributed by atoms with Crippen LogP contribution in [0.4, 0.5) is 5.69 Å². The maximum Gasteiger partial charge on any atom is 0.343 e. The minimum absolute atomic E-state index is 0. The van der Waals surface area contributed by atoms with E-state index in [9.17, 15) is 9.59 Å². The average Bonchev–Trinajstić information content (AvgIpc) is 2.56. The second-order valence-electron chi connectivity index (χ2n) is 5.03. The van der Waals surface area contributed by atoms with Gasteiger partial charge in [-0.2, -0.15) is 0 Å². The molecule has 0 fully saturated rings. The van der Waals surface area contributed by atoms with Crippen LogP contribution in [-0.2, 0) is 14.3 Å². The van der Waals surface area contributed by atoms with Crippen molar-refractivity contribution in [3.05, 3.63) is 24.3 Å². The molecule has 0 aliphatic carbocycles. The molecule has 130 valence electrons. The summed E-state index contributed by atoms with van der Waals surface area (Å²) < 4.78 is 9.73. The molecule has 6 nitrogen and oxygen atoms in total. The van der Waals surface area contributed by atoms with Gasteiger partial charge in [0.15, 0.2) is 6.61 Å². The van der Waals surface area contributed by atoms with E-state index in [1.54, 1.807) is 24.3 Å². The number of esters is 1. The van der Waals surface area contributed by atoms with Gasteiger partial charge in [-0.3, -0.25) is 4.79 Å². The summed E-state index contributed by atoms with van der Waals surface area (Å²) in [6.45, 7) is 4.08. The molecular weight excluding hydrogens is 320 g/mol. The first kappa shape index (κ1) is 21.2. The number of anilines is 1. The lowest BCUT2D eigenvalue weighted by Crippen LogP contribution is -2.41. The maximum atomic E-state index is 12.4. The Morgan fingerprint density at radius 2 is 1.74 bits per heavy atom. The molecule has 0 saturated heterocycles. The smallest absolute Gasteiger partial charge is 0.343 e. The highest BCUT2D eigenvalue weighted by Gasteiger charge is 2.33. The molecule has 7 heteroatoms. The standard InChI is InChI=1S/C16H24N2O4.ClH/c1-4-16(5-2,11-17)15(20)18-12-6-8-13(9-7-12)22-10-14(19)21-3;/h6-9H,4-5,10-11,17H2,1-3H3,(H,18,20);1H. The minimum Gasteiger partial charge on any atom is -0.482 e. The molecule has 0 aromatic heterocycles. The van der Waals surface area contributed by atoms with E-state index in [0.29, 0.717) is 30.8 Å². The summed E-state index contributed by atoms with van der Waals surface area (Å²) in [5.74, 6) is -0.00120. The molecule has 0 spiro atoms. The fourth-order valence-corrected chi connectivity index (χ4v) is 2.05. The number of benzene rings is 1. The Hall–Kier alpha value is -1.79. The van der Waals surface area contributed by atoms with E-state index in [4.69, 9.17) is 10.5 Å². The highest BCUT2D eigenvalue weighted by Crippen LogP contribution is 2.27. The van der Waals surface area contributed by atoms with Crippen LogP contribution in [0.2, 0.25) is 0 Å². The molecule has 1 amide bonds. The lowest BCUT2D eigenvalue weighted by Gasteiger charge is -2.28. The van der Waals surface area contributed by atoms with Crippen molar-refractivity contribution in [1.82, 2.24) is 0 Å². The van der Waals surface area contributed by atoms with Gasteiger partial charge >= 0.3 is 5.97 Å². The van der Waals surface area contributed by atoms with Gasteiger partial charge < -0.3 is 20.5 Å². The van der Waals surface area contributed by atoms with Crippen molar-refractivity contribution in [2.75, 3.05) is 25.6 Å². The van der Waals surface area contributed by atoms with Crippen molar-refractivity contribution in [3.63, 3.8) is 0 Å². The number of rotatable bonds is 8. The number of hydrogen-bond donors (Lipinski definition) is 2. The van der Waals surface area contributed by atoms with Crippen LogP contribution in [0.3, 0.4) is 0 Å². The minimum atomic E-state index is -0.542. The van der Waals surface area contributed by atoms with Crippen molar-refractivity contribution in [2.45, 2.75) is 26.7 Å². The maximum absolute atomic E-state index is 12.4. The predicted molar refractivity (Wildman–Crippen MR) is 91.9 cm³/mol. The van der Waals surface area contributed by atoms with Crippen molar-refractivity contribution in [1.29, 1.82) is 0 Å². The van der Waals surface area contributed by atoms with Gasteiger partial charge in [0.05, 0.1) is 12.5 Å². The molecule has 0 bridgehead atoms. The average molecular weight is 345 g/mol. The normalized spacial score (nSPS) is 10.4. The summed E-state index contributed by atoms with van der Waals surface area (Å²) in [7, 11) is 1.30. The van der Waals surface area contributed by atoms with E-state index in [-0.39, 0.29) is 24.9 Å². The third-order valence-electron chi connectivity index (χ3n) is 3.92. The molecular formula is C16H25ClN2O4. The summed E-state index contributed by atoms with van der Waals surface area (Å²) in [5, 5.41) is 2.87. The Morgan fingerprint density at radius 1 is 1.17 bits per heavy atom. The number of methoxy groups -OCH3 is 1. The SMILES string of the molecule is CCC(CC)(CN)C(=O)Nc1ccc(OCC(=O)OC)cc1.Cl. The Bertz CT molecular complexity index is 493. The lowest BCUT2D eigenvalue weighted by molar-refractivity contribution is -0.142. The summed E-state index contributed by atoms with van der Waals surface area (Å²) in [5.41, 5.74) is 5.88. The molecule has 1 aromatic rings. The second kappa shape index (κ2) is 10.1. The van der Waals surface area contributed by atoms with Crippen LogP contribution in [0.25, 0.3) is 0 Å². The number of hydrogen-bond acceptors (Lipinski definition) is 5. The number of amides is 1. The summed E-state index contributed by atoms with van der Waals surface area (Å²) >= 11 is 0. The Kier molecular flexibility index (Phi) is 9.29. The van der Waals surface area contributed by atoms with E-state index in [1.807, 2.05) is 13.8 Å². The molecule has 23 heavy (non-hydrogen) atoms. The zero-order valence-electron chi connectivity index (χ0n) is 13.8. The summed E-state index contributed by atoms with van der Waals surface area (Å²) in [4.78, 5) is 23.4. The lowest BCUT2D eigenvalue weighted by atomic mass is 9.81. The van der Waals surface area contributed by atoms with Gasteiger partial charge in [0, 0.05) is 12.2 Å². The zero-order valence-corrected chi connectivity index (χ0v) is 14.6. The van der Waals surface area contributed by atoms with Crippen LogP contribution in [-0.4, -0.2) is 32.1 Å². The second-order valence-corrected chi connectivity index (χ2v) is 5.03. The molecule has 0 atom stereocenters. The Balaban J connectivity index is 0.00000484. The molecule has 0 aliphatic rings. The van der Waals surface area contributed by atoms with Crippen molar-refractivity contribution < 1.29 is 19.1 Å². The molecule has 0 heterocycles. The van der Waals surface area contributed by atoms with E-state index >= 15 is 0 Å². The van der Waals surface area contributed by atoms with Gasteiger partial charge in [0.25, 0.3) is 0 Å². The molecule has 0 aliphatic heterocycles. The first-order valence-corrected chi connectivity index (χ1v) is 7.32. The van der Waals surface area contributed by atoms with Crippen LogP contribution in [0.1, 0.15) is 26.7 Å². The third-order valence-corrected chi connectivity index (χ3v) is 3.92. The number of nitrogens with one attached hydrogen (secondary N) is 1. The van der Waals surface area contributed by atoms with Gasteiger partial charge in [-0.15, -0.1) is 12.4 Å². The number of ether oxygens (including phenoxy) is 2. The topological polar surface area (TPSA) is 90.7 Å². The van der Waals surface area contributed by atoms with E-state index in [1.165, 1.54) is 7.11 Å². The Morgan fingerprint density at radius 3 is 2.17 bits per heavy atom. The zero-order chi connectivity index (χ0) is 16.6. The monoisotopic (exact) mass is 344 g/mol. The first-order valence-electron chi connectivity index (χ1n) is 7.32. The predicted octanol–water partition coefficient (Wildman–Crippen LogP) is 2.36. The largest absolute Gasteiger partial charge is 0.482 e. The van der Waals surface area contributed by atoms with Crippen LogP contribution in [0, 0.1) is 5.41 Å². The quantitative estimate of drug-likeness (QED) is 0.706. The fraction of sp³-hybridized carbons (Fsp3) is 0.500. The van der Waals surface area contributed by atoms with Gasteiger partial charge in [-0.05, 0) is 37.1 Å². The highest BCUT2D eigenvalue weighted by molar-refractivity contribution is 5.95. The highest BCUT2D eigenvalue weighted by atomic mass is 35.5.